The van der Waals surface area contributed by atoms with Gasteiger partial charge in [0.25, 0.3) is 5.91 Å². The molecule has 5 heteroatoms. The van der Waals surface area contributed by atoms with Crippen molar-refractivity contribution in [3.05, 3.63) is 82.0 Å². The van der Waals surface area contributed by atoms with Crippen LogP contribution in [-0.4, -0.2) is 28.8 Å². The normalized spacial score (nSPS) is 13.2. The first-order chi connectivity index (χ1) is 14.8. The predicted octanol–water partition coefficient (Wildman–Crippen LogP) is 4.97. The van der Waals surface area contributed by atoms with E-state index in [1.807, 2.05) is 57.2 Å². The van der Waals surface area contributed by atoms with Gasteiger partial charge in [0.15, 0.2) is 5.78 Å². The summed E-state index contributed by atoms with van der Waals surface area (Å²) in [7, 11) is 1.53. The molecule has 2 aromatic carbocycles. The topological polar surface area (TPSA) is 66.8 Å². The summed E-state index contributed by atoms with van der Waals surface area (Å²) in [6.07, 6.45) is 4.32. The van der Waals surface area contributed by atoms with Crippen LogP contribution < -0.4 is 4.74 Å². The van der Waals surface area contributed by atoms with Gasteiger partial charge in [0.2, 0.25) is 0 Å². The molecule has 1 amide bonds. The number of rotatable bonds is 8. The van der Waals surface area contributed by atoms with Gasteiger partial charge in [0, 0.05) is 24.1 Å². The number of amides is 1. The van der Waals surface area contributed by atoms with E-state index in [1.54, 1.807) is 17.0 Å². The number of ether oxygens (including phenoxy) is 1. The highest BCUT2D eigenvalue weighted by atomic mass is 16.5. The molecule has 0 aliphatic carbocycles. The van der Waals surface area contributed by atoms with Crippen molar-refractivity contribution < 1.29 is 19.4 Å². The zero-order valence-corrected chi connectivity index (χ0v) is 18.6. The highest BCUT2D eigenvalue weighted by molar-refractivity contribution is 6.00. The number of benzene rings is 2. The van der Waals surface area contributed by atoms with Gasteiger partial charge < -0.3 is 14.7 Å². The van der Waals surface area contributed by atoms with E-state index in [0.29, 0.717) is 48.4 Å². The maximum absolute atomic E-state index is 12.9. The number of hydrogen-bond donors (Lipinski definition) is 1. The van der Waals surface area contributed by atoms with Gasteiger partial charge in [0.1, 0.15) is 11.5 Å². The van der Waals surface area contributed by atoms with E-state index in [1.165, 1.54) is 7.11 Å². The minimum absolute atomic E-state index is 0.0565. The zero-order chi connectivity index (χ0) is 22.5. The van der Waals surface area contributed by atoms with E-state index >= 15 is 0 Å². The fraction of sp³-hybridized carbons (Fsp3) is 0.308. The van der Waals surface area contributed by atoms with E-state index in [0.717, 1.165) is 16.7 Å². The molecule has 1 heterocycles. The summed E-state index contributed by atoms with van der Waals surface area (Å²) in [6.45, 7) is 6.53. The van der Waals surface area contributed by atoms with Gasteiger partial charge in [-0.1, -0.05) is 47.6 Å². The first-order valence-corrected chi connectivity index (χ1v) is 10.4. The molecule has 1 N–H and O–H groups in total. The number of aromatic hydroxyl groups is 1. The lowest BCUT2D eigenvalue weighted by Gasteiger charge is -2.15. The number of carbonyl (C=O) groups is 2. The number of nitrogens with zero attached hydrogens (tertiary/aromatic N) is 1. The van der Waals surface area contributed by atoms with Crippen molar-refractivity contribution in [1.82, 2.24) is 4.90 Å². The Labute approximate surface area is 183 Å². The lowest BCUT2D eigenvalue weighted by atomic mass is 9.99. The molecule has 162 valence electrons. The van der Waals surface area contributed by atoms with E-state index < -0.39 is 0 Å². The number of carbonyl (C=O) groups excluding carboxylic acids is 2. The molecule has 0 saturated carbocycles. The largest absolute Gasteiger partial charge is 0.507 e. The van der Waals surface area contributed by atoms with Crippen LogP contribution in [0.3, 0.4) is 0 Å². The zero-order valence-electron chi connectivity index (χ0n) is 18.6. The molecule has 0 radical (unpaired) electrons. The Bertz CT molecular complexity index is 1050. The lowest BCUT2D eigenvalue weighted by molar-refractivity contribution is -0.114. The van der Waals surface area contributed by atoms with Gasteiger partial charge in [-0.25, -0.2) is 0 Å². The Morgan fingerprint density at radius 3 is 2.55 bits per heavy atom. The summed E-state index contributed by atoms with van der Waals surface area (Å²) in [5.41, 5.74) is 4.67. The van der Waals surface area contributed by atoms with Crippen molar-refractivity contribution in [2.45, 2.75) is 46.7 Å². The first-order valence-electron chi connectivity index (χ1n) is 10.4. The maximum Gasteiger partial charge on any atom is 0.255 e. The number of methoxy groups -OCH3 is 1. The van der Waals surface area contributed by atoms with Crippen LogP contribution >= 0.6 is 0 Å². The Balaban J connectivity index is 1.83. The molecule has 31 heavy (non-hydrogen) atoms. The van der Waals surface area contributed by atoms with Gasteiger partial charge >= 0.3 is 0 Å². The molecule has 2 aromatic rings. The average molecular weight is 420 g/mol. The van der Waals surface area contributed by atoms with Crippen molar-refractivity contribution in [2.24, 2.45) is 0 Å². The lowest BCUT2D eigenvalue weighted by Crippen LogP contribution is -2.23. The van der Waals surface area contributed by atoms with Crippen LogP contribution in [0.4, 0.5) is 0 Å². The summed E-state index contributed by atoms with van der Waals surface area (Å²) in [6, 6.07) is 11.5. The Morgan fingerprint density at radius 2 is 1.90 bits per heavy atom. The molecule has 0 bridgehead atoms. The van der Waals surface area contributed by atoms with Crippen molar-refractivity contribution in [3.63, 3.8) is 0 Å². The molecule has 1 aliphatic rings. The third-order valence-corrected chi connectivity index (χ3v) is 5.33. The monoisotopic (exact) mass is 419 g/mol. The summed E-state index contributed by atoms with van der Waals surface area (Å²) < 4.78 is 5.48. The molecule has 0 unspecified atom stereocenters. The molecule has 1 aliphatic heterocycles. The quantitative estimate of drug-likeness (QED) is 0.485. The van der Waals surface area contributed by atoms with E-state index in [4.69, 9.17) is 4.74 Å². The van der Waals surface area contributed by atoms with Crippen LogP contribution in [0.15, 0.2) is 59.7 Å². The van der Waals surface area contributed by atoms with Crippen molar-refractivity contribution in [3.8, 4) is 11.5 Å². The van der Waals surface area contributed by atoms with Crippen molar-refractivity contribution >= 4 is 11.7 Å². The SMILES string of the molecule is COc1cc2c(c(O)c1C/C=C(\C)CC(=O)C=C(C)C)CN(Cc1ccccc1)C2=O. The van der Waals surface area contributed by atoms with Gasteiger partial charge in [-0.05, 0) is 44.9 Å². The van der Waals surface area contributed by atoms with E-state index in [2.05, 4.69) is 0 Å². The van der Waals surface area contributed by atoms with Crippen molar-refractivity contribution in [2.75, 3.05) is 7.11 Å². The van der Waals surface area contributed by atoms with E-state index in [9.17, 15) is 14.7 Å². The number of fused-ring (bicyclic) bond motifs is 1. The highest BCUT2D eigenvalue weighted by Gasteiger charge is 2.32. The predicted molar refractivity (Wildman–Crippen MR) is 121 cm³/mol. The first kappa shape index (κ1) is 22.3. The summed E-state index contributed by atoms with van der Waals surface area (Å²) >= 11 is 0. The highest BCUT2D eigenvalue weighted by Crippen LogP contribution is 2.40. The van der Waals surface area contributed by atoms with Crippen LogP contribution in [0.5, 0.6) is 11.5 Å². The third-order valence-electron chi connectivity index (χ3n) is 5.33. The number of phenols is 1. The fourth-order valence-electron chi connectivity index (χ4n) is 3.82. The number of phenolic OH excluding ortho intramolecular Hbond substituents is 1. The van der Waals surface area contributed by atoms with Gasteiger partial charge in [0.05, 0.1) is 19.2 Å². The molecule has 0 saturated heterocycles. The molecule has 0 fully saturated rings. The summed E-state index contributed by atoms with van der Waals surface area (Å²) in [4.78, 5) is 26.6. The minimum atomic E-state index is -0.113. The summed E-state index contributed by atoms with van der Waals surface area (Å²) in [5, 5.41) is 11.0. The Hall–Kier alpha value is -3.34. The second kappa shape index (κ2) is 9.65. The standard InChI is InChI=1S/C26H29NO4/c1-17(2)12-20(28)13-18(3)10-11-21-24(31-4)14-22-23(25(21)29)16-27(26(22)30)15-19-8-6-5-7-9-19/h5-10,12,14,29H,11,13,15-16H2,1-4H3/b18-10+. The van der Waals surface area contributed by atoms with E-state index in [-0.39, 0.29) is 17.4 Å². The second-order valence-corrected chi connectivity index (χ2v) is 8.20. The van der Waals surface area contributed by atoms with Crippen LogP contribution in [-0.2, 0) is 24.3 Å². The van der Waals surface area contributed by atoms with Crippen LogP contribution in [0.1, 0.15) is 54.2 Å². The maximum atomic E-state index is 12.9. The number of hydrogen-bond acceptors (Lipinski definition) is 4. The molecular weight excluding hydrogens is 390 g/mol. The molecule has 5 nitrogen and oxygen atoms in total. The van der Waals surface area contributed by atoms with Crippen molar-refractivity contribution in [1.29, 1.82) is 0 Å². The molecule has 0 spiro atoms. The number of allylic oxidation sites excluding steroid dienone is 4. The third kappa shape index (κ3) is 5.23. The average Bonchev–Trinajstić information content (AvgIpc) is 3.03. The van der Waals surface area contributed by atoms with Gasteiger partial charge in [-0.3, -0.25) is 9.59 Å². The van der Waals surface area contributed by atoms with Crippen LogP contribution in [0.2, 0.25) is 0 Å². The minimum Gasteiger partial charge on any atom is -0.507 e. The van der Waals surface area contributed by atoms with Crippen LogP contribution in [0, 0.1) is 0 Å². The molecule has 3 rings (SSSR count). The molecular formula is C26H29NO4. The second-order valence-electron chi connectivity index (χ2n) is 8.20. The van der Waals surface area contributed by atoms with Crippen LogP contribution in [0.25, 0.3) is 0 Å². The fourth-order valence-corrected chi connectivity index (χ4v) is 3.82. The molecule has 0 aromatic heterocycles. The van der Waals surface area contributed by atoms with Gasteiger partial charge in [-0.15, -0.1) is 0 Å². The Kier molecular flexibility index (Phi) is 6.95. The Morgan fingerprint density at radius 1 is 1.19 bits per heavy atom. The molecule has 0 atom stereocenters. The smallest absolute Gasteiger partial charge is 0.255 e. The van der Waals surface area contributed by atoms with Gasteiger partial charge in [-0.2, -0.15) is 0 Å². The summed E-state index contributed by atoms with van der Waals surface area (Å²) in [5.74, 6) is 0.517. The number of ketones is 1.